The minimum absolute atomic E-state index is 0. The van der Waals surface area contributed by atoms with E-state index in [4.69, 9.17) is 5.73 Å². The number of aromatic nitrogens is 2. The highest BCUT2D eigenvalue weighted by atomic mass is 35.5. The lowest BCUT2D eigenvalue weighted by Gasteiger charge is -2.18. The predicted molar refractivity (Wildman–Crippen MR) is 73.2 cm³/mol. The Morgan fingerprint density at radius 3 is 2.47 bits per heavy atom. The third kappa shape index (κ3) is 5.70. The van der Waals surface area contributed by atoms with Crippen LogP contribution in [0.1, 0.15) is 13.8 Å². The smallest absolute Gasteiger partial charge is 0.358 e. The van der Waals surface area contributed by atoms with E-state index >= 15 is 0 Å². The van der Waals surface area contributed by atoms with Gasteiger partial charge in [-0.1, -0.05) is 5.10 Å². The number of nitro groups is 1. The van der Waals surface area contributed by atoms with Crippen LogP contribution >= 0.6 is 24.8 Å². The van der Waals surface area contributed by atoms with Crippen LogP contribution in [0.2, 0.25) is 0 Å². The van der Waals surface area contributed by atoms with E-state index < -0.39 is 31.2 Å². The Hall–Kier alpha value is -0.940. The molecule has 0 aliphatic heterocycles. The zero-order chi connectivity index (χ0) is 13.3. The summed E-state index contributed by atoms with van der Waals surface area (Å²) in [5.74, 6) is -0.674. The Labute approximate surface area is 122 Å². The number of hydrogen-bond acceptors (Lipinski definition) is 6. The fourth-order valence-electron chi connectivity index (χ4n) is 0.955. The fourth-order valence-corrected chi connectivity index (χ4v) is 2.24. The van der Waals surface area contributed by atoms with Crippen LogP contribution in [0, 0.1) is 10.1 Å². The summed E-state index contributed by atoms with van der Waals surface area (Å²) >= 11 is 0. The molecular weight excluding hydrogens is 321 g/mol. The molecule has 4 N–H and O–H groups in total. The van der Waals surface area contributed by atoms with Gasteiger partial charge in [0.25, 0.3) is 10.0 Å². The van der Waals surface area contributed by atoms with Crippen LogP contribution in [0.4, 0.5) is 5.82 Å². The molecule has 0 spiro atoms. The SMILES string of the molecule is CC(C)(N)CNS(=O)(=O)c1cn[nH]c1[N+](=O)[O-].Cl.Cl. The van der Waals surface area contributed by atoms with Gasteiger partial charge in [-0.05, 0) is 18.8 Å². The number of hydrogen-bond donors (Lipinski definition) is 3. The van der Waals surface area contributed by atoms with E-state index in [0.29, 0.717) is 0 Å². The Bertz CT molecular complexity index is 524. The van der Waals surface area contributed by atoms with E-state index in [9.17, 15) is 18.5 Å². The maximum Gasteiger partial charge on any atom is 0.362 e. The molecule has 0 amide bonds. The molecule has 112 valence electrons. The standard InChI is InChI=1S/C7H13N5O4S.2ClH/c1-7(2,8)4-10-17(15,16)5-3-9-11-6(5)12(13)14;;/h3,10H,4,8H2,1-2H3,(H,9,11);2*1H. The van der Waals surface area contributed by atoms with Crippen molar-refractivity contribution in [2.45, 2.75) is 24.3 Å². The summed E-state index contributed by atoms with van der Waals surface area (Å²) in [4.78, 5) is 9.19. The second-order valence-corrected chi connectivity index (χ2v) is 5.89. The summed E-state index contributed by atoms with van der Waals surface area (Å²) in [5.41, 5.74) is 4.85. The number of nitrogens with two attached hydrogens (primary N) is 1. The topological polar surface area (TPSA) is 144 Å². The van der Waals surface area contributed by atoms with Gasteiger partial charge in [-0.15, -0.1) is 29.9 Å². The van der Waals surface area contributed by atoms with Gasteiger partial charge < -0.3 is 15.8 Å². The maximum absolute atomic E-state index is 11.7. The van der Waals surface area contributed by atoms with E-state index in [1.807, 2.05) is 5.10 Å². The first-order valence-electron chi connectivity index (χ1n) is 4.60. The highest BCUT2D eigenvalue weighted by Gasteiger charge is 2.28. The van der Waals surface area contributed by atoms with E-state index in [1.165, 1.54) is 0 Å². The molecule has 0 fully saturated rings. The molecule has 1 aromatic heterocycles. The molecule has 1 heterocycles. The lowest BCUT2D eigenvalue weighted by Crippen LogP contribution is -2.45. The van der Waals surface area contributed by atoms with E-state index in [-0.39, 0.29) is 31.4 Å². The Morgan fingerprint density at radius 2 is 2.05 bits per heavy atom. The van der Waals surface area contributed by atoms with Crippen molar-refractivity contribution in [2.75, 3.05) is 6.54 Å². The third-order valence-electron chi connectivity index (χ3n) is 1.78. The number of H-pyrrole nitrogens is 1. The van der Waals surface area contributed by atoms with Crippen LogP contribution in [-0.2, 0) is 10.0 Å². The number of halogens is 2. The summed E-state index contributed by atoms with van der Waals surface area (Å²) in [5, 5.41) is 15.9. The van der Waals surface area contributed by atoms with Crippen molar-refractivity contribution in [2.24, 2.45) is 5.73 Å². The molecule has 0 saturated heterocycles. The molecule has 0 saturated carbocycles. The van der Waals surface area contributed by atoms with Crippen molar-refractivity contribution in [3.8, 4) is 0 Å². The maximum atomic E-state index is 11.7. The summed E-state index contributed by atoms with van der Waals surface area (Å²) in [6, 6.07) is 0. The van der Waals surface area contributed by atoms with Crippen molar-refractivity contribution < 1.29 is 13.3 Å². The number of rotatable bonds is 5. The Morgan fingerprint density at radius 1 is 1.53 bits per heavy atom. The highest BCUT2D eigenvalue weighted by molar-refractivity contribution is 7.89. The molecule has 0 bridgehead atoms. The molecular formula is C7H15Cl2N5O4S. The molecule has 1 rings (SSSR count). The summed E-state index contributed by atoms with van der Waals surface area (Å²) in [7, 11) is -3.99. The van der Waals surface area contributed by atoms with E-state index in [1.54, 1.807) is 13.8 Å². The lowest BCUT2D eigenvalue weighted by atomic mass is 10.1. The Kier molecular flexibility index (Phi) is 7.52. The molecule has 0 aliphatic carbocycles. The number of aromatic amines is 1. The van der Waals surface area contributed by atoms with Crippen LogP contribution < -0.4 is 10.5 Å². The molecule has 1 aromatic rings. The first kappa shape index (κ1) is 20.4. The quantitative estimate of drug-likeness (QED) is 0.517. The van der Waals surface area contributed by atoms with Crippen molar-refractivity contribution >= 4 is 40.7 Å². The van der Waals surface area contributed by atoms with Crippen molar-refractivity contribution in [3.05, 3.63) is 16.3 Å². The average Bonchev–Trinajstić information content (AvgIpc) is 2.62. The summed E-state index contributed by atoms with van der Waals surface area (Å²) < 4.78 is 25.6. The molecule has 0 aromatic carbocycles. The van der Waals surface area contributed by atoms with Gasteiger partial charge in [-0.3, -0.25) is 0 Å². The molecule has 12 heteroatoms. The van der Waals surface area contributed by atoms with Gasteiger partial charge >= 0.3 is 5.82 Å². The zero-order valence-corrected chi connectivity index (χ0v) is 12.6. The second kappa shape index (κ2) is 7.01. The highest BCUT2D eigenvalue weighted by Crippen LogP contribution is 2.19. The van der Waals surface area contributed by atoms with Crippen LogP contribution in [0.25, 0.3) is 0 Å². The van der Waals surface area contributed by atoms with Gasteiger partial charge in [-0.25, -0.2) is 13.1 Å². The van der Waals surface area contributed by atoms with Crippen LogP contribution in [0.5, 0.6) is 0 Å². The third-order valence-corrected chi connectivity index (χ3v) is 3.18. The fraction of sp³-hybridized carbons (Fsp3) is 0.571. The van der Waals surface area contributed by atoms with Gasteiger partial charge in [0.05, 0.1) is 6.20 Å². The minimum atomic E-state index is -3.99. The molecule has 0 atom stereocenters. The zero-order valence-electron chi connectivity index (χ0n) is 10.1. The second-order valence-electron chi connectivity index (χ2n) is 4.15. The number of sulfonamides is 1. The molecule has 9 nitrogen and oxygen atoms in total. The lowest BCUT2D eigenvalue weighted by molar-refractivity contribution is -0.392. The van der Waals surface area contributed by atoms with Gasteiger partial charge in [0.15, 0.2) is 4.90 Å². The van der Waals surface area contributed by atoms with Gasteiger partial charge in [0.1, 0.15) is 0 Å². The summed E-state index contributed by atoms with van der Waals surface area (Å²) in [6.45, 7) is 3.20. The van der Waals surface area contributed by atoms with Crippen molar-refractivity contribution in [1.29, 1.82) is 0 Å². The average molecular weight is 336 g/mol. The van der Waals surface area contributed by atoms with Crippen LogP contribution in [0.15, 0.2) is 11.1 Å². The van der Waals surface area contributed by atoms with E-state index in [0.717, 1.165) is 6.20 Å². The first-order valence-corrected chi connectivity index (χ1v) is 6.08. The monoisotopic (exact) mass is 335 g/mol. The van der Waals surface area contributed by atoms with Gasteiger partial charge in [0, 0.05) is 12.1 Å². The van der Waals surface area contributed by atoms with Crippen molar-refractivity contribution in [3.63, 3.8) is 0 Å². The van der Waals surface area contributed by atoms with E-state index in [2.05, 4.69) is 9.82 Å². The molecule has 0 unspecified atom stereocenters. The molecule has 0 aliphatic rings. The molecule has 19 heavy (non-hydrogen) atoms. The largest absolute Gasteiger partial charge is 0.362 e. The van der Waals surface area contributed by atoms with Crippen LogP contribution in [-0.4, -0.2) is 35.6 Å². The molecule has 0 radical (unpaired) electrons. The Balaban J connectivity index is 0. The van der Waals surface area contributed by atoms with Crippen LogP contribution in [0.3, 0.4) is 0 Å². The number of nitrogens with zero attached hydrogens (tertiary/aromatic N) is 2. The predicted octanol–water partition coefficient (Wildman–Crippen LogP) is 0.177. The normalized spacial score (nSPS) is 11.3. The first-order chi connectivity index (χ1) is 7.63. The van der Waals surface area contributed by atoms with Gasteiger partial charge in [-0.2, -0.15) is 0 Å². The summed E-state index contributed by atoms with van der Waals surface area (Å²) in [6.07, 6.45) is 0.879. The number of nitrogens with one attached hydrogen (secondary N) is 2. The van der Waals surface area contributed by atoms with Crippen molar-refractivity contribution in [1.82, 2.24) is 14.9 Å². The van der Waals surface area contributed by atoms with Gasteiger partial charge in [0.2, 0.25) is 0 Å². The minimum Gasteiger partial charge on any atom is -0.358 e.